The number of amides is 2. The van der Waals surface area contributed by atoms with Gasteiger partial charge in [0.1, 0.15) is 5.69 Å². The predicted molar refractivity (Wildman–Crippen MR) is 98.9 cm³/mol. The van der Waals surface area contributed by atoms with Gasteiger partial charge in [-0.05, 0) is 23.6 Å². The maximum atomic E-state index is 12.9. The molecule has 0 bridgehead atoms. The minimum Gasteiger partial charge on any atom is -0.348 e. The lowest BCUT2D eigenvalue weighted by molar-refractivity contribution is -0.130. The molecule has 0 unspecified atom stereocenters. The molecule has 2 aromatic rings. The Kier molecular flexibility index (Phi) is 5.55. The summed E-state index contributed by atoms with van der Waals surface area (Å²) in [5.41, 5.74) is 0.728. The largest absolute Gasteiger partial charge is 0.348 e. The van der Waals surface area contributed by atoms with Crippen molar-refractivity contribution in [3.05, 3.63) is 46.4 Å². The third-order valence-corrected chi connectivity index (χ3v) is 5.33. The Morgan fingerprint density at radius 1 is 1.12 bits per heavy atom. The van der Waals surface area contributed by atoms with Gasteiger partial charge in [-0.15, -0.1) is 11.3 Å². The molecule has 0 atom stereocenters. The molecule has 0 saturated carbocycles. The highest BCUT2D eigenvalue weighted by Gasteiger charge is 2.25. The third kappa shape index (κ3) is 4.29. The highest BCUT2D eigenvalue weighted by Crippen LogP contribution is 2.15. The summed E-state index contributed by atoms with van der Waals surface area (Å²) in [6, 6.07) is 7.92. The number of aromatic nitrogens is 1. The Labute approximate surface area is 152 Å². The molecule has 0 N–H and O–H groups in total. The first-order valence-electron chi connectivity index (χ1n) is 8.44. The summed E-state index contributed by atoms with van der Waals surface area (Å²) in [4.78, 5) is 31.5. The molecular formula is C18H24N4O2S. The zero-order chi connectivity index (χ0) is 17.8. The molecule has 6 nitrogen and oxygen atoms in total. The topological polar surface area (TPSA) is 48.8 Å². The zero-order valence-corrected chi connectivity index (χ0v) is 15.5. The van der Waals surface area contributed by atoms with Gasteiger partial charge in [-0.1, -0.05) is 6.07 Å². The highest BCUT2D eigenvalue weighted by molar-refractivity contribution is 7.09. The van der Waals surface area contributed by atoms with E-state index in [1.807, 2.05) is 33.9 Å². The van der Waals surface area contributed by atoms with Crippen LogP contribution in [-0.2, 0) is 11.3 Å². The van der Waals surface area contributed by atoms with Crippen LogP contribution in [0.25, 0.3) is 0 Å². The summed E-state index contributed by atoms with van der Waals surface area (Å²) < 4.78 is 2.01. The van der Waals surface area contributed by atoms with Crippen molar-refractivity contribution in [1.82, 2.24) is 19.3 Å². The van der Waals surface area contributed by atoms with Crippen LogP contribution in [0.15, 0.2) is 35.8 Å². The van der Waals surface area contributed by atoms with Crippen molar-refractivity contribution < 1.29 is 9.59 Å². The maximum absolute atomic E-state index is 12.9. The van der Waals surface area contributed by atoms with Crippen molar-refractivity contribution in [3.8, 4) is 0 Å². The SMILES string of the molecule is CN(C)C(=O)CN1CCN(C(=O)c2cccn2Cc2cccs2)CC1. The van der Waals surface area contributed by atoms with Crippen molar-refractivity contribution in [1.29, 1.82) is 0 Å². The van der Waals surface area contributed by atoms with Gasteiger partial charge in [-0.25, -0.2) is 0 Å². The fraction of sp³-hybridized carbons (Fsp3) is 0.444. The summed E-state index contributed by atoms with van der Waals surface area (Å²) in [6.45, 7) is 3.92. The summed E-state index contributed by atoms with van der Waals surface area (Å²) in [7, 11) is 3.54. The van der Waals surface area contributed by atoms with E-state index in [0.29, 0.717) is 19.6 Å². The minimum atomic E-state index is 0.0696. The Hall–Kier alpha value is -2.12. The first-order valence-corrected chi connectivity index (χ1v) is 9.32. The molecule has 1 aliphatic heterocycles. The Morgan fingerprint density at radius 3 is 2.52 bits per heavy atom. The molecule has 2 aromatic heterocycles. The summed E-state index contributed by atoms with van der Waals surface area (Å²) >= 11 is 1.70. The molecule has 134 valence electrons. The highest BCUT2D eigenvalue weighted by atomic mass is 32.1. The Bertz CT molecular complexity index is 715. The number of likely N-dealkylation sites (N-methyl/N-ethyl adjacent to an activating group) is 1. The van der Waals surface area contributed by atoms with Gasteiger partial charge in [0.2, 0.25) is 5.91 Å². The average molecular weight is 360 g/mol. The number of hydrogen-bond donors (Lipinski definition) is 0. The van der Waals surface area contributed by atoms with Crippen molar-refractivity contribution in [2.24, 2.45) is 0 Å². The van der Waals surface area contributed by atoms with Gasteiger partial charge in [0, 0.05) is 51.3 Å². The molecule has 2 amide bonds. The van der Waals surface area contributed by atoms with Crippen molar-refractivity contribution >= 4 is 23.2 Å². The molecule has 1 aliphatic rings. The monoisotopic (exact) mass is 360 g/mol. The molecule has 3 rings (SSSR count). The van der Waals surface area contributed by atoms with Crippen LogP contribution < -0.4 is 0 Å². The number of nitrogens with zero attached hydrogens (tertiary/aromatic N) is 4. The molecule has 0 spiro atoms. The predicted octanol–water partition coefficient (Wildman–Crippen LogP) is 1.44. The molecular weight excluding hydrogens is 336 g/mol. The molecule has 0 aromatic carbocycles. The van der Waals surface area contributed by atoms with E-state index in [2.05, 4.69) is 16.3 Å². The smallest absolute Gasteiger partial charge is 0.270 e. The van der Waals surface area contributed by atoms with E-state index >= 15 is 0 Å². The Morgan fingerprint density at radius 2 is 1.88 bits per heavy atom. The van der Waals surface area contributed by atoms with E-state index in [0.717, 1.165) is 25.3 Å². The summed E-state index contributed by atoms with van der Waals surface area (Å²) in [6.07, 6.45) is 1.96. The van der Waals surface area contributed by atoms with Crippen LogP contribution in [0.4, 0.5) is 0 Å². The lowest BCUT2D eigenvalue weighted by Gasteiger charge is -2.34. The molecule has 1 fully saturated rings. The molecule has 25 heavy (non-hydrogen) atoms. The lowest BCUT2D eigenvalue weighted by atomic mass is 10.2. The van der Waals surface area contributed by atoms with Crippen LogP contribution >= 0.6 is 11.3 Å². The van der Waals surface area contributed by atoms with Gasteiger partial charge in [-0.2, -0.15) is 0 Å². The summed E-state index contributed by atoms with van der Waals surface area (Å²) in [5, 5.41) is 2.05. The normalized spacial score (nSPS) is 15.4. The van der Waals surface area contributed by atoms with Gasteiger partial charge < -0.3 is 14.4 Å². The van der Waals surface area contributed by atoms with Crippen molar-refractivity contribution in [2.75, 3.05) is 46.8 Å². The molecule has 0 aliphatic carbocycles. The van der Waals surface area contributed by atoms with Crippen LogP contribution in [-0.4, -0.2) is 77.9 Å². The van der Waals surface area contributed by atoms with Crippen LogP contribution in [0.5, 0.6) is 0 Å². The van der Waals surface area contributed by atoms with Crippen LogP contribution in [0.3, 0.4) is 0 Å². The maximum Gasteiger partial charge on any atom is 0.270 e. The lowest BCUT2D eigenvalue weighted by Crippen LogP contribution is -2.51. The second kappa shape index (κ2) is 7.84. The first kappa shape index (κ1) is 17.7. The fourth-order valence-electron chi connectivity index (χ4n) is 2.92. The van der Waals surface area contributed by atoms with Gasteiger partial charge in [0.15, 0.2) is 0 Å². The molecule has 0 radical (unpaired) electrons. The number of thiophene rings is 1. The fourth-order valence-corrected chi connectivity index (χ4v) is 3.62. The standard InChI is InChI=1S/C18H24N4O2S/c1-19(2)17(23)14-20-8-10-21(11-9-20)18(24)16-6-3-7-22(16)13-15-5-4-12-25-15/h3-7,12H,8-11,13-14H2,1-2H3. The zero-order valence-electron chi connectivity index (χ0n) is 14.7. The van der Waals surface area contributed by atoms with Crippen molar-refractivity contribution in [2.45, 2.75) is 6.54 Å². The van der Waals surface area contributed by atoms with Crippen molar-refractivity contribution in [3.63, 3.8) is 0 Å². The van der Waals surface area contributed by atoms with Crippen LogP contribution in [0.2, 0.25) is 0 Å². The number of hydrogen-bond acceptors (Lipinski definition) is 4. The van der Waals surface area contributed by atoms with E-state index in [9.17, 15) is 9.59 Å². The van der Waals surface area contributed by atoms with Crippen LogP contribution in [0.1, 0.15) is 15.4 Å². The number of carbonyl (C=O) groups is 2. The van der Waals surface area contributed by atoms with E-state index < -0.39 is 0 Å². The second-order valence-corrected chi connectivity index (χ2v) is 7.49. The number of carbonyl (C=O) groups excluding carboxylic acids is 2. The van der Waals surface area contributed by atoms with Crippen LogP contribution in [0, 0.1) is 0 Å². The minimum absolute atomic E-state index is 0.0696. The Balaban J connectivity index is 1.58. The number of rotatable bonds is 5. The van der Waals surface area contributed by atoms with E-state index in [4.69, 9.17) is 0 Å². The third-order valence-electron chi connectivity index (χ3n) is 4.47. The van der Waals surface area contributed by atoms with Gasteiger partial charge in [0.05, 0.1) is 13.1 Å². The first-order chi connectivity index (χ1) is 12.0. The molecule has 1 saturated heterocycles. The van der Waals surface area contributed by atoms with Gasteiger partial charge in [0.25, 0.3) is 5.91 Å². The quantitative estimate of drug-likeness (QED) is 0.811. The van der Waals surface area contributed by atoms with E-state index in [1.165, 1.54) is 4.88 Å². The average Bonchev–Trinajstić information content (AvgIpc) is 3.27. The summed E-state index contributed by atoms with van der Waals surface area (Å²) in [5.74, 6) is 0.171. The second-order valence-electron chi connectivity index (χ2n) is 6.46. The van der Waals surface area contributed by atoms with Gasteiger partial charge >= 0.3 is 0 Å². The van der Waals surface area contributed by atoms with Gasteiger partial charge in [-0.3, -0.25) is 14.5 Å². The molecule has 7 heteroatoms. The molecule has 3 heterocycles. The van der Waals surface area contributed by atoms with E-state index in [1.54, 1.807) is 30.3 Å². The van der Waals surface area contributed by atoms with E-state index in [-0.39, 0.29) is 11.8 Å². The number of piperazine rings is 1.